The molecule has 1 aromatic rings. The predicted octanol–water partition coefficient (Wildman–Crippen LogP) is 4.25. The van der Waals surface area contributed by atoms with Crippen molar-refractivity contribution in [2.75, 3.05) is 0 Å². The third kappa shape index (κ3) is 2.19. The minimum atomic E-state index is 0.532. The van der Waals surface area contributed by atoms with Gasteiger partial charge in [-0.3, -0.25) is 4.99 Å². The number of fused-ring (bicyclic) bond motifs is 1. The summed E-state index contributed by atoms with van der Waals surface area (Å²) in [6.45, 7) is 4.22. The molecule has 84 valence electrons. The normalized spacial score (nSPS) is 22.7. The van der Waals surface area contributed by atoms with Crippen molar-refractivity contribution in [3.05, 3.63) is 46.6 Å². The molecule has 0 amide bonds. The highest BCUT2D eigenvalue weighted by Gasteiger charge is 2.21. The summed E-state index contributed by atoms with van der Waals surface area (Å²) < 4.78 is 0. The van der Waals surface area contributed by atoms with Crippen LogP contribution in [0.1, 0.15) is 31.4 Å². The fraction of sp³-hybridized carbons (Fsp3) is 0.357. The van der Waals surface area contributed by atoms with Crippen molar-refractivity contribution < 1.29 is 0 Å². The predicted molar refractivity (Wildman–Crippen MR) is 70.3 cm³/mol. The molecule has 0 saturated heterocycles. The summed E-state index contributed by atoms with van der Waals surface area (Å²) in [5.41, 5.74) is 3.78. The molecule has 1 aliphatic carbocycles. The molecule has 16 heavy (non-hydrogen) atoms. The number of rotatable bonds is 1. The molecule has 0 heterocycles. The number of hydrogen-bond donors (Lipinski definition) is 0. The lowest BCUT2D eigenvalue weighted by Crippen LogP contribution is -2.20. The minimum Gasteiger partial charge on any atom is -0.261 e. The standard InChI is InChI=1S/C14H16ClN/c1-3-8-16-14-10(2)4-5-11-9-12(15)6-7-13(11)14/h3,6-10H,4-5H2,1-2H3/b8-3-,16-14+. The monoisotopic (exact) mass is 233 g/mol. The Labute approximate surface area is 102 Å². The molecule has 0 aromatic heterocycles. The summed E-state index contributed by atoms with van der Waals surface area (Å²) in [5.74, 6) is 0.532. The van der Waals surface area contributed by atoms with Gasteiger partial charge in [0.2, 0.25) is 0 Å². The van der Waals surface area contributed by atoms with E-state index in [-0.39, 0.29) is 0 Å². The van der Waals surface area contributed by atoms with Gasteiger partial charge in [0.05, 0.1) is 5.71 Å². The lowest BCUT2D eigenvalue weighted by molar-refractivity contribution is 0.663. The van der Waals surface area contributed by atoms with Crippen molar-refractivity contribution in [1.29, 1.82) is 0 Å². The summed E-state index contributed by atoms with van der Waals surface area (Å²) >= 11 is 6.01. The molecule has 0 saturated carbocycles. The topological polar surface area (TPSA) is 12.4 Å². The zero-order valence-corrected chi connectivity index (χ0v) is 10.5. The van der Waals surface area contributed by atoms with Gasteiger partial charge in [-0.25, -0.2) is 0 Å². The van der Waals surface area contributed by atoms with Gasteiger partial charge in [0, 0.05) is 11.2 Å². The van der Waals surface area contributed by atoms with E-state index in [4.69, 9.17) is 11.6 Å². The average Bonchev–Trinajstić information content (AvgIpc) is 2.28. The first-order valence-corrected chi connectivity index (χ1v) is 6.08. The van der Waals surface area contributed by atoms with Gasteiger partial charge in [0.1, 0.15) is 0 Å². The van der Waals surface area contributed by atoms with Crippen LogP contribution in [0.15, 0.2) is 35.5 Å². The summed E-state index contributed by atoms with van der Waals surface area (Å²) in [4.78, 5) is 4.55. The van der Waals surface area contributed by atoms with E-state index >= 15 is 0 Å². The van der Waals surface area contributed by atoms with Crippen molar-refractivity contribution >= 4 is 17.3 Å². The molecule has 2 heteroatoms. The Morgan fingerprint density at radius 2 is 2.25 bits per heavy atom. The lowest BCUT2D eigenvalue weighted by Gasteiger charge is -2.23. The van der Waals surface area contributed by atoms with Crippen LogP contribution >= 0.6 is 11.6 Å². The van der Waals surface area contributed by atoms with Crippen LogP contribution in [0.4, 0.5) is 0 Å². The maximum atomic E-state index is 6.01. The van der Waals surface area contributed by atoms with E-state index in [1.807, 2.05) is 25.3 Å². The van der Waals surface area contributed by atoms with Gasteiger partial charge in [0.25, 0.3) is 0 Å². The van der Waals surface area contributed by atoms with Crippen LogP contribution in [0, 0.1) is 5.92 Å². The maximum absolute atomic E-state index is 6.01. The molecule has 0 N–H and O–H groups in total. The number of benzene rings is 1. The second kappa shape index (κ2) is 4.84. The minimum absolute atomic E-state index is 0.532. The van der Waals surface area contributed by atoms with Gasteiger partial charge >= 0.3 is 0 Å². The molecule has 0 bridgehead atoms. The van der Waals surface area contributed by atoms with E-state index in [1.54, 1.807) is 0 Å². The summed E-state index contributed by atoms with van der Waals surface area (Å²) in [6, 6.07) is 6.10. The van der Waals surface area contributed by atoms with Crippen LogP contribution in [0.25, 0.3) is 0 Å². The molecule has 0 radical (unpaired) electrons. The fourth-order valence-electron chi connectivity index (χ4n) is 2.14. The lowest BCUT2D eigenvalue weighted by atomic mass is 9.83. The number of hydrogen-bond acceptors (Lipinski definition) is 1. The summed E-state index contributed by atoms with van der Waals surface area (Å²) in [5, 5.41) is 0.818. The molecule has 1 nitrogen and oxygen atoms in total. The molecule has 2 rings (SSSR count). The third-order valence-electron chi connectivity index (χ3n) is 3.02. The van der Waals surface area contributed by atoms with Crippen molar-refractivity contribution in [2.45, 2.75) is 26.7 Å². The molecule has 1 atom stereocenters. The quantitative estimate of drug-likeness (QED) is 0.688. The van der Waals surface area contributed by atoms with E-state index in [9.17, 15) is 0 Å². The smallest absolute Gasteiger partial charge is 0.0506 e. The number of nitrogens with zero attached hydrogens (tertiary/aromatic N) is 1. The Balaban J connectivity index is 2.48. The van der Waals surface area contributed by atoms with E-state index in [2.05, 4.69) is 24.0 Å². The van der Waals surface area contributed by atoms with E-state index in [1.165, 1.54) is 16.8 Å². The highest BCUT2D eigenvalue weighted by Crippen LogP contribution is 2.28. The summed E-state index contributed by atoms with van der Waals surface area (Å²) in [7, 11) is 0. The van der Waals surface area contributed by atoms with E-state index in [0.717, 1.165) is 17.9 Å². The average molecular weight is 234 g/mol. The van der Waals surface area contributed by atoms with Gasteiger partial charge in [-0.15, -0.1) is 0 Å². The van der Waals surface area contributed by atoms with Crippen LogP contribution in [0.2, 0.25) is 5.02 Å². The van der Waals surface area contributed by atoms with Crippen molar-refractivity contribution in [1.82, 2.24) is 0 Å². The van der Waals surface area contributed by atoms with Gasteiger partial charge in [-0.2, -0.15) is 0 Å². The highest BCUT2D eigenvalue weighted by molar-refractivity contribution is 6.30. The fourth-order valence-corrected chi connectivity index (χ4v) is 2.34. The number of aryl methyl sites for hydroxylation is 1. The van der Waals surface area contributed by atoms with Crippen LogP contribution < -0.4 is 0 Å². The Morgan fingerprint density at radius 3 is 3.00 bits per heavy atom. The van der Waals surface area contributed by atoms with Gasteiger partial charge in [-0.1, -0.05) is 30.7 Å². The molecule has 0 spiro atoms. The van der Waals surface area contributed by atoms with E-state index in [0.29, 0.717) is 5.92 Å². The summed E-state index contributed by atoms with van der Waals surface area (Å²) in [6.07, 6.45) is 6.09. The SMILES string of the molecule is C/C=C\N=C1\c2ccc(Cl)cc2CCC1C. The van der Waals surface area contributed by atoms with Gasteiger partial charge in [-0.05, 0) is 48.9 Å². The van der Waals surface area contributed by atoms with Crippen molar-refractivity contribution in [3.8, 4) is 0 Å². The molecule has 1 aromatic carbocycles. The Bertz CT molecular complexity index is 446. The molecular formula is C14H16ClN. The zero-order valence-electron chi connectivity index (χ0n) is 9.70. The molecule has 1 unspecified atom stereocenters. The maximum Gasteiger partial charge on any atom is 0.0506 e. The molecular weight excluding hydrogens is 218 g/mol. The molecule has 1 aliphatic rings. The number of allylic oxidation sites excluding steroid dienone is 1. The van der Waals surface area contributed by atoms with Gasteiger partial charge < -0.3 is 0 Å². The first kappa shape index (κ1) is 11.4. The van der Waals surface area contributed by atoms with Gasteiger partial charge in [0.15, 0.2) is 0 Å². The Hall–Kier alpha value is -1.08. The largest absolute Gasteiger partial charge is 0.261 e. The van der Waals surface area contributed by atoms with Crippen LogP contribution in [0.5, 0.6) is 0 Å². The van der Waals surface area contributed by atoms with Crippen LogP contribution in [-0.4, -0.2) is 5.71 Å². The molecule has 0 aliphatic heterocycles. The third-order valence-corrected chi connectivity index (χ3v) is 3.25. The Kier molecular flexibility index (Phi) is 3.45. The van der Waals surface area contributed by atoms with Crippen molar-refractivity contribution in [3.63, 3.8) is 0 Å². The Morgan fingerprint density at radius 1 is 1.44 bits per heavy atom. The van der Waals surface area contributed by atoms with E-state index < -0.39 is 0 Å². The van der Waals surface area contributed by atoms with Crippen molar-refractivity contribution in [2.24, 2.45) is 10.9 Å². The number of aliphatic imine (C=N–C) groups is 1. The molecule has 0 fully saturated rings. The first-order valence-electron chi connectivity index (χ1n) is 5.70. The van der Waals surface area contributed by atoms with Crippen LogP contribution in [0.3, 0.4) is 0 Å². The zero-order chi connectivity index (χ0) is 11.5. The second-order valence-electron chi connectivity index (χ2n) is 4.24. The highest BCUT2D eigenvalue weighted by atomic mass is 35.5. The second-order valence-corrected chi connectivity index (χ2v) is 4.67. The number of halogens is 1. The van der Waals surface area contributed by atoms with Crippen LogP contribution in [-0.2, 0) is 6.42 Å². The first-order chi connectivity index (χ1) is 7.72.